The fourth-order valence-electron chi connectivity index (χ4n) is 2.14. The van der Waals surface area contributed by atoms with Gasteiger partial charge in [-0.2, -0.15) is 0 Å². The molecule has 0 saturated carbocycles. The standard InChI is InChI=1S/C15H20O/c1-11-7-8-13-12(2)6-5-9-15(3,4)16-14(13)10-11/h5,7-10,12H,6H2,1-4H3/b9-5-/t12-/m0/s1. The summed E-state index contributed by atoms with van der Waals surface area (Å²) in [6, 6.07) is 6.51. The summed E-state index contributed by atoms with van der Waals surface area (Å²) in [5, 5.41) is 0. The first-order chi connectivity index (χ1) is 7.48. The first kappa shape index (κ1) is 11.3. The van der Waals surface area contributed by atoms with Crippen molar-refractivity contribution in [2.24, 2.45) is 0 Å². The predicted octanol–water partition coefficient (Wildman–Crippen LogP) is 4.22. The van der Waals surface area contributed by atoms with Gasteiger partial charge in [0.1, 0.15) is 11.4 Å². The number of aryl methyl sites for hydroxylation is 1. The Balaban J connectivity index is 2.47. The molecular formula is C15H20O. The summed E-state index contributed by atoms with van der Waals surface area (Å²) in [6.45, 7) is 8.56. The Bertz CT molecular complexity index is 415. The van der Waals surface area contributed by atoms with Gasteiger partial charge in [0.2, 0.25) is 0 Å². The second-order valence-corrected chi connectivity index (χ2v) is 5.29. The molecule has 2 rings (SSSR count). The van der Waals surface area contributed by atoms with E-state index in [0.717, 1.165) is 12.2 Å². The van der Waals surface area contributed by atoms with E-state index in [1.807, 2.05) is 0 Å². The number of hydrogen-bond acceptors (Lipinski definition) is 1. The molecule has 0 amide bonds. The minimum atomic E-state index is -0.206. The molecular weight excluding hydrogens is 196 g/mol. The third-order valence-electron chi connectivity index (χ3n) is 3.08. The van der Waals surface area contributed by atoms with Gasteiger partial charge in [-0.05, 0) is 56.4 Å². The molecule has 0 spiro atoms. The van der Waals surface area contributed by atoms with Crippen molar-refractivity contribution < 1.29 is 4.74 Å². The van der Waals surface area contributed by atoms with Gasteiger partial charge in [0.25, 0.3) is 0 Å². The number of allylic oxidation sites excluding steroid dienone is 1. The second kappa shape index (κ2) is 3.97. The lowest BCUT2D eigenvalue weighted by Crippen LogP contribution is -2.26. The van der Waals surface area contributed by atoms with Crippen LogP contribution < -0.4 is 4.74 Å². The van der Waals surface area contributed by atoms with E-state index in [-0.39, 0.29) is 5.60 Å². The molecule has 1 aromatic carbocycles. The molecule has 1 aromatic rings. The lowest BCUT2D eigenvalue weighted by atomic mass is 9.93. The molecule has 1 nitrogen and oxygen atoms in total. The van der Waals surface area contributed by atoms with Crippen molar-refractivity contribution in [3.05, 3.63) is 41.5 Å². The quantitative estimate of drug-likeness (QED) is 0.590. The summed E-state index contributed by atoms with van der Waals surface area (Å²) in [7, 11) is 0. The highest BCUT2D eigenvalue weighted by atomic mass is 16.5. The molecule has 0 bridgehead atoms. The molecule has 86 valence electrons. The maximum Gasteiger partial charge on any atom is 0.124 e. The van der Waals surface area contributed by atoms with Crippen LogP contribution in [0.15, 0.2) is 30.4 Å². The summed E-state index contributed by atoms with van der Waals surface area (Å²) in [6.07, 6.45) is 5.48. The van der Waals surface area contributed by atoms with Crippen LogP contribution in [0.5, 0.6) is 5.75 Å². The zero-order valence-electron chi connectivity index (χ0n) is 10.6. The van der Waals surface area contributed by atoms with Gasteiger partial charge in [0, 0.05) is 0 Å². The molecule has 16 heavy (non-hydrogen) atoms. The fourth-order valence-corrected chi connectivity index (χ4v) is 2.14. The van der Waals surface area contributed by atoms with E-state index in [1.165, 1.54) is 11.1 Å². The van der Waals surface area contributed by atoms with Gasteiger partial charge in [-0.15, -0.1) is 0 Å². The van der Waals surface area contributed by atoms with Crippen LogP contribution in [0.3, 0.4) is 0 Å². The third-order valence-corrected chi connectivity index (χ3v) is 3.08. The van der Waals surface area contributed by atoms with Crippen molar-refractivity contribution in [3.63, 3.8) is 0 Å². The van der Waals surface area contributed by atoms with Crippen molar-refractivity contribution >= 4 is 0 Å². The maximum atomic E-state index is 6.09. The summed E-state index contributed by atoms with van der Waals surface area (Å²) < 4.78 is 6.09. The summed E-state index contributed by atoms with van der Waals surface area (Å²) in [5.41, 5.74) is 2.37. The second-order valence-electron chi connectivity index (χ2n) is 5.29. The Labute approximate surface area is 98.1 Å². The molecule has 0 fully saturated rings. The molecule has 1 aliphatic heterocycles. The topological polar surface area (TPSA) is 9.23 Å². The molecule has 1 heterocycles. The molecule has 1 atom stereocenters. The molecule has 0 radical (unpaired) electrons. The highest BCUT2D eigenvalue weighted by Gasteiger charge is 2.21. The zero-order valence-corrected chi connectivity index (χ0v) is 10.6. The lowest BCUT2D eigenvalue weighted by Gasteiger charge is -2.28. The van der Waals surface area contributed by atoms with Crippen LogP contribution in [0.2, 0.25) is 0 Å². The van der Waals surface area contributed by atoms with Crippen LogP contribution in [0.25, 0.3) is 0 Å². The summed E-state index contributed by atoms with van der Waals surface area (Å²) in [4.78, 5) is 0. The largest absolute Gasteiger partial charge is 0.483 e. The first-order valence-corrected chi connectivity index (χ1v) is 5.95. The van der Waals surface area contributed by atoms with Crippen molar-refractivity contribution in [2.75, 3.05) is 0 Å². The van der Waals surface area contributed by atoms with E-state index in [0.29, 0.717) is 5.92 Å². The van der Waals surface area contributed by atoms with E-state index in [1.54, 1.807) is 0 Å². The zero-order chi connectivity index (χ0) is 11.8. The number of rotatable bonds is 0. The van der Waals surface area contributed by atoms with Crippen molar-refractivity contribution in [1.82, 2.24) is 0 Å². The molecule has 0 aromatic heterocycles. The lowest BCUT2D eigenvalue weighted by molar-refractivity contribution is 0.157. The maximum absolute atomic E-state index is 6.09. The van der Waals surface area contributed by atoms with Gasteiger partial charge in [-0.3, -0.25) is 0 Å². The van der Waals surface area contributed by atoms with Crippen LogP contribution in [-0.2, 0) is 0 Å². The monoisotopic (exact) mass is 216 g/mol. The van der Waals surface area contributed by atoms with E-state index < -0.39 is 0 Å². The van der Waals surface area contributed by atoms with E-state index >= 15 is 0 Å². The summed E-state index contributed by atoms with van der Waals surface area (Å²) >= 11 is 0. The van der Waals surface area contributed by atoms with Gasteiger partial charge in [-0.1, -0.05) is 25.1 Å². The smallest absolute Gasteiger partial charge is 0.124 e. The Morgan fingerprint density at radius 2 is 2.06 bits per heavy atom. The molecule has 1 aliphatic rings. The van der Waals surface area contributed by atoms with E-state index in [9.17, 15) is 0 Å². The van der Waals surface area contributed by atoms with Crippen molar-refractivity contribution in [2.45, 2.75) is 45.6 Å². The third kappa shape index (κ3) is 2.29. The van der Waals surface area contributed by atoms with Gasteiger partial charge in [0.15, 0.2) is 0 Å². The Morgan fingerprint density at radius 1 is 1.31 bits per heavy atom. The average Bonchev–Trinajstić information content (AvgIpc) is 2.14. The Morgan fingerprint density at radius 3 is 2.81 bits per heavy atom. The number of fused-ring (bicyclic) bond motifs is 1. The average molecular weight is 216 g/mol. The molecule has 0 aliphatic carbocycles. The van der Waals surface area contributed by atoms with Gasteiger partial charge < -0.3 is 4.74 Å². The fraction of sp³-hybridized carbons (Fsp3) is 0.467. The molecule has 0 unspecified atom stereocenters. The van der Waals surface area contributed by atoms with Crippen LogP contribution in [0.1, 0.15) is 44.2 Å². The normalized spacial score (nSPS) is 24.9. The van der Waals surface area contributed by atoms with Crippen LogP contribution in [-0.4, -0.2) is 5.60 Å². The molecule has 1 heteroatoms. The Kier molecular flexibility index (Phi) is 2.79. The SMILES string of the molecule is Cc1ccc2c(c1)OC(C)(C)/C=C\C[C@@H]2C. The van der Waals surface area contributed by atoms with Crippen molar-refractivity contribution in [3.8, 4) is 5.75 Å². The molecule has 0 saturated heterocycles. The van der Waals surface area contributed by atoms with Gasteiger partial charge in [0.05, 0.1) is 0 Å². The minimum Gasteiger partial charge on any atom is -0.483 e. The number of ether oxygens (including phenoxy) is 1. The predicted molar refractivity (Wildman–Crippen MR) is 68.1 cm³/mol. The van der Waals surface area contributed by atoms with Crippen LogP contribution >= 0.6 is 0 Å². The van der Waals surface area contributed by atoms with Crippen LogP contribution in [0, 0.1) is 6.92 Å². The minimum absolute atomic E-state index is 0.206. The van der Waals surface area contributed by atoms with E-state index in [4.69, 9.17) is 4.74 Å². The highest BCUT2D eigenvalue weighted by molar-refractivity contribution is 5.41. The Hall–Kier alpha value is -1.24. The van der Waals surface area contributed by atoms with E-state index in [2.05, 4.69) is 58.0 Å². The van der Waals surface area contributed by atoms with Gasteiger partial charge >= 0.3 is 0 Å². The summed E-state index contributed by atoms with van der Waals surface area (Å²) in [5.74, 6) is 1.57. The number of benzene rings is 1. The molecule has 0 N–H and O–H groups in total. The number of hydrogen-bond donors (Lipinski definition) is 0. The first-order valence-electron chi connectivity index (χ1n) is 5.95. The van der Waals surface area contributed by atoms with Gasteiger partial charge in [-0.25, -0.2) is 0 Å². The highest BCUT2D eigenvalue weighted by Crippen LogP contribution is 2.34. The van der Waals surface area contributed by atoms with Crippen LogP contribution in [0.4, 0.5) is 0 Å². The van der Waals surface area contributed by atoms with Crippen molar-refractivity contribution in [1.29, 1.82) is 0 Å².